The average molecular weight is 292 g/mol. The second-order valence-corrected chi connectivity index (χ2v) is 5.98. The van der Waals surface area contributed by atoms with Gasteiger partial charge in [-0.05, 0) is 49.0 Å². The summed E-state index contributed by atoms with van der Waals surface area (Å²) in [5.41, 5.74) is 5.08. The summed E-state index contributed by atoms with van der Waals surface area (Å²) in [5, 5.41) is 0. The Labute approximate surface area is 131 Å². The summed E-state index contributed by atoms with van der Waals surface area (Å²) in [6, 6.07) is 16.5. The van der Waals surface area contributed by atoms with Crippen LogP contribution in [0.25, 0.3) is 11.1 Å². The van der Waals surface area contributed by atoms with Crippen LogP contribution in [-0.4, -0.2) is 13.2 Å². The summed E-state index contributed by atoms with van der Waals surface area (Å²) in [6.07, 6.45) is 4.81. The first-order chi connectivity index (χ1) is 10.9. The smallest absolute Gasteiger partial charge is 0.127 e. The van der Waals surface area contributed by atoms with E-state index in [0.29, 0.717) is 13.2 Å². The molecule has 2 aromatic rings. The van der Waals surface area contributed by atoms with Gasteiger partial charge in [-0.25, -0.2) is 0 Å². The predicted molar refractivity (Wildman–Crippen MR) is 88.4 cm³/mol. The molecule has 0 saturated heterocycles. The van der Waals surface area contributed by atoms with Crippen LogP contribution < -0.4 is 9.47 Å². The molecule has 0 atom stereocenters. The summed E-state index contributed by atoms with van der Waals surface area (Å²) < 4.78 is 12.4. The maximum atomic E-state index is 6.18. The zero-order valence-electron chi connectivity index (χ0n) is 12.7. The minimum atomic E-state index is 0.692. The second kappa shape index (κ2) is 5.88. The number of rotatable bonds is 0. The molecule has 22 heavy (non-hydrogen) atoms. The third-order valence-electron chi connectivity index (χ3n) is 4.58. The largest absolute Gasteiger partial charge is 0.489 e. The molecular weight excluding hydrogens is 272 g/mol. The van der Waals surface area contributed by atoms with Crippen molar-refractivity contribution in [3.05, 3.63) is 59.7 Å². The van der Waals surface area contributed by atoms with E-state index in [4.69, 9.17) is 9.47 Å². The second-order valence-electron chi connectivity index (χ2n) is 5.98. The van der Waals surface area contributed by atoms with E-state index >= 15 is 0 Å². The van der Waals surface area contributed by atoms with E-state index in [-0.39, 0.29) is 0 Å². The minimum Gasteiger partial charge on any atom is -0.489 e. The van der Waals surface area contributed by atoms with Crippen molar-refractivity contribution in [2.45, 2.75) is 25.7 Å². The molecular formula is C20H20O2. The predicted octanol–water partition coefficient (Wildman–Crippen LogP) is 5.00. The van der Waals surface area contributed by atoms with E-state index < -0.39 is 0 Å². The van der Waals surface area contributed by atoms with Gasteiger partial charge in [0.15, 0.2) is 0 Å². The minimum absolute atomic E-state index is 0.692. The fraction of sp³-hybridized carbons (Fsp3) is 0.300. The van der Waals surface area contributed by atoms with Gasteiger partial charge in [0, 0.05) is 11.1 Å². The Morgan fingerprint density at radius 3 is 1.55 bits per heavy atom. The van der Waals surface area contributed by atoms with Crippen molar-refractivity contribution in [3.63, 3.8) is 0 Å². The summed E-state index contributed by atoms with van der Waals surface area (Å²) in [4.78, 5) is 0. The Morgan fingerprint density at radius 2 is 1.05 bits per heavy atom. The standard InChI is InChI=1S/C20H20O2/c1-2-8-16-14-22-20-12-6-4-10-18(20)17-9-3-5-11-19(17)21-13-15(16)7-1/h3-6,9-12H,1-2,7-8,13-14H2. The van der Waals surface area contributed by atoms with Crippen molar-refractivity contribution in [1.29, 1.82) is 0 Å². The van der Waals surface area contributed by atoms with E-state index in [1.54, 1.807) is 0 Å². The Bertz CT molecular complexity index is 654. The van der Waals surface area contributed by atoms with Gasteiger partial charge in [0.1, 0.15) is 24.7 Å². The first-order valence-corrected chi connectivity index (χ1v) is 8.05. The molecule has 1 heterocycles. The van der Waals surface area contributed by atoms with E-state index in [1.807, 2.05) is 12.1 Å². The number of fused-ring (bicyclic) bond motifs is 3. The number of para-hydroxylation sites is 2. The maximum Gasteiger partial charge on any atom is 0.127 e. The lowest BCUT2D eigenvalue weighted by molar-refractivity contribution is 0.315. The van der Waals surface area contributed by atoms with Crippen molar-refractivity contribution >= 4 is 0 Å². The van der Waals surface area contributed by atoms with Gasteiger partial charge < -0.3 is 9.47 Å². The molecule has 0 bridgehead atoms. The van der Waals surface area contributed by atoms with Crippen molar-refractivity contribution in [2.75, 3.05) is 13.2 Å². The van der Waals surface area contributed by atoms with Crippen LogP contribution in [-0.2, 0) is 0 Å². The third kappa shape index (κ3) is 2.50. The van der Waals surface area contributed by atoms with Crippen LogP contribution in [0, 0.1) is 0 Å². The zero-order chi connectivity index (χ0) is 14.8. The van der Waals surface area contributed by atoms with Crippen LogP contribution in [0.5, 0.6) is 11.5 Å². The molecule has 0 N–H and O–H groups in total. The molecule has 1 aliphatic heterocycles. The number of hydrogen-bond acceptors (Lipinski definition) is 2. The Morgan fingerprint density at radius 1 is 0.591 bits per heavy atom. The highest BCUT2D eigenvalue weighted by Gasteiger charge is 2.18. The van der Waals surface area contributed by atoms with Gasteiger partial charge in [0.25, 0.3) is 0 Å². The zero-order valence-corrected chi connectivity index (χ0v) is 12.7. The van der Waals surface area contributed by atoms with E-state index in [9.17, 15) is 0 Å². The first-order valence-electron chi connectivity index (χ1n) is 8.05. The Hall–Kier alpha value is -2.22. The molecule has 0 radical (unpaired) electrons. The molecule has 0 aromatic heterocycles. The van der Waals surface area contributed by atoms with Crippen molar-refractivity contribution < 1.29 is 9.47 Å². The van der Waals surface area contributed by atoms with Crippen LogP contribution in [0.4, 0.5) is 0 Å². The maximum absolute atomic E-state index is 6.18. The molecule has 0 amide bonds. The van der Waals surface area contributed by atoms with Gasteiger partial charge in [-0.2, -0.15) is 0 Å². The summed E-state index contributed by atoms with van der Waals surface area (Å²) in [5.74, 6) is 1.88. The third-order valence-corrected chi connectivity index (χ3v) is 4.58. The number of benzene rings is 2. The van der Waals surface area contributed by atoms with Crippen LogP contribution in [0.2, 0.25) is 0 Å². The van der Waals surface area contributed by atoms with Gasteiger partial charge in [0.05, 0.1) is 0 Å². The number of ether oxygens (including phenoxy) is 2. The molecule has 2 aliphatic rings. The Kier molecular flexibility index (Phi) is 3.59. The van der Waals surface area contributed by atoms with Crippen molar-refractivity contribution in [3.8, 4) is 22.6 Å². The topological polar surface area (TPSA) is 18.5 Å². The molecule has 0 unspecified atom stereocenters. The number of hydrogen-bond donors (Lipinski definition) is 0. The van der Waals surface area contributed by atoms with E-state index in [1.165, 1.54) is 24.0 Å². The Balaban J connectivity index is 1.82. The molecule has 1 aliphatic carbocycles. The molecule has 0 saturated carbocycles. The van der Waals surface area contributed by atoms with Gasteiger partial charge in [-0.15, -0.1) is 0 Å². The quantitative estimate of drug-likeness (QED) is 0.636. The van der Waals surface area contributed by atoms with Gasteiger partial charge >= 0.3 is 0 Å². The van der Waals surface area contributed by atoms with Gasteiger partial charge in [-0.1, -0.05) is 36.4 Å². The van der Waals surface area contributed by atoms with Crippen LogP contribution >= 0.6 is 0 Å². The lowest BCUT2D eigenvalue weighted by Gasteiger charge is -2.24. The fourth-order valence-electron chi connectivity index (χ4n) is 3.34. The van der Waals surface area contributed by atoms with Gasteiger partial charge in [0.2, 0.25) is 0 Å². The van der Waals surface area contributed by atoms with Crippen LogP contribution in [0.3, 0.4) is 0 Å². The molecule has 2 nitrogen and oxygen atoms in total. The molecule has 112 valence electrons. The van der Waals surface area contributed by atoms with Gasteiger partial charge in [-0.3, -0.25) is 0 Å². The van der Waals surface area contributed by atoms with E-state index in [2.05, 4.69) is 36.4 Å². The summed E-state index contributed by atoms with van der Waals surface area (Å²) in [6.45, 7) is 1.38. The fourth-order valence-corrected chi connectivity index (χ4v) is 3.34. The average Bonchev–Trinajstić information content (AvgIpc) is 2.59. The van der Waals surface area contributed by atoms with E-state index in [0.717, 1.165) is 35.5 Å². The summed E-state index contributed by atoms with van der Waals surface area (Å²) >= 11 is 0. The van der Waals surface area contributed by atoms with Crippen molar-refractivity contribution in [2.24, 2.45) is 0 Å². The highest BCUT2D eigenvalue weighted by atomic mass is 16.5. The molecule has 0 spiro atoms. The highest BCUT2D eigenvalue weighted by molar-refractivity contribution is 5.75. The molecule has 0 fully saturated rings. The summed E-state index contributed by atoms with van der Waals surface area (Å²) in [7, 11) is 0. The highest BCUT2D eigenvalue weighted by Crippen LogP contribution is 2.38. The van der Waals surface area contributed by atoms with Crippen LogP contribution in [0.15, 0.2) is 59.7 Å². The van der Waals surface area contributed by atoms with Crippen LogP contribution in [0.1, 0.15) is 25.7 Å². The van der Waals surface area contributed by atoms with Crippen molar-refractivity contribution in [1.82, 2.24) is 0 Å². The lowest BCUT2D eigenvalue weighted by Crippen LogP contribution is -2.15. The molecule has 2 heteroatoms. The SMILES string of the molecule is c1ccc2c(c1)OCC1=C(CCCC1)COc1ccccc1-2. The monoisotopic (exact) mass is 292 g/mol. The molecule has 2 aromatic carbocycles. The normalized spacial score (nSPS) is 17.5. The lowest BCUT2D eigenvalue weighted by atomic mass is 9.92. The first kappa shape index (κ1) is 13.4. The molecule has 4 rings (SSSR count).